The fourth-order valence-corrected chi connectivity index (χ4v) is 3.27. The molecule has 2 unspecified atom stereocenters. The minimum absolute atomic E-state index is 0.293. The van der Waals surface area contributed by atoms with Gasteiger partial charge in [0.05, 0.1) is 5.92 Å². The van der Waals surface area contributed by atoms with Gasteiger partial charge < -0.3 is 9.52 Å². The van der Waals surface area contributed by atoms with E-state index in [-0.39, 0.29) is 5.92 Å². The van der Waals surface area contributed by atoms with Crippen molar-refractivity contribution in [2.45, 2.75) is 32.4 Å². The molecule has 0 spiro atoms. The number of halogens is 1. The molecule has 0 saturated carbocycles. The van der Waals surface area contributed by atoms with Crippen molar-refractivity contribution in [3.63, 3.8) is 0 Å². The number of likely N-dealkylation sites (tertiary alicyclic amines) is 1. The summed E-state index contributed by atoms with van der Waals surface area (Å²) < 4.78 is 5.57. The number of carboxylic acid groups (broad SMARTS) is 1. The zero-order valence-corrected chi connectivity index (χ0v) is 12.6. The quantitative estimate of drug-likeness (QED) is 0.938. The molecular formula is C16H18ClNO3. The van der Waals surface area contributed by atoms with Crippen LogP contribution >= 0.6 is 11.6 Å². The van der Waals surface area contributed by atoms with Gasteiger partial charge in [-0.05, 0) is 37.4 Å². The molecule has 1 saturated heterocycles. The molecule has 0 amide bonds. The standard InChI is InChI=1S/C16H18ClNO3/c1-10-6-7-11(16(19)20)8-18(10)9-13-12-4-2-3-5-14(12)21-15(13)17/h2-5,10-11H,6-9H2,1H3,(H,19,20). The summed E-state index contributed by atoms with van der Waals surface area (Å²) in [7, 11) is 0. The van der Waals surface area contributed by atoms with Crippen LogP contribution in [0.2, 0.25) is 5.22 Å². The van der Waals surface area contributed by atoms with E-state index in [1.807, 2.05) is 24.3 Å². The van der Waals surface area contributed by atoms with Crippen LogP contribution in [0.1, 0.15) is 25.3 Å². The number of benzene rings is 1. The van der Waals surface area contributed by atoms with Crippen molar-refractivity contribution in [2.75, 3.05) is 6.54 Å². The maximum Gasteiger partial charge on any atom is 0.307 e. The molecule has 2 aromatic rings. The maximum absolute atomic E-state index is 11.2. The Morgan fingerprint density at radius 1 is 1.43 bits per heavy atom. The molecule has 1 fully saturated rings. The van der Waals surface area contributed by atoms with Crippen LogP contribution in [0.25, 0.3) is 11.0 Å². The summed E-state index contributed by atoms with van der Waals surface area (Å²) in [4.78, 5) is 13.4. The van der Waals surface area contributed by atoms with E-state index in [9.17, 15) is 9.90 Å². The molecule has 1 N–H and O–H groups in total. The molecule has 112 valence electrons. The highest BCUT2D eigenvalue weighted by atomic mass is 35.5. The van der Waals surface area contributed by atoms with Crippen LogP contribution in [0.5, 0.6) is 0 Å². The van der Waals surface area contributed by atoms with Crippen LogP contribution in [0, 0.1) is 5.92 Å². The van der Waals surface area contributed by atoms with Crippen LogP contribution in [0.3, 0.4) is 0 Å². The Bertz CT molecular complexity index is 667. The minimum Gasteiger partial charge on any atom is -0.481 e. The SMILES string of the molecule is CC1CCC(C(=O)O)CN1Cc1c(Cl)oc2ccccc12. The highest BCUT2D eigenvalue weighted by Crippen LogP contribution is 2.32. The van der Waals surface area contributed by atoms with Crippen LogP contribution in [-0.4, -0.2) is 28.6 Å². The van der Waals surface area contributed by atoms with Gasteiger partial charge in [-0.25, -0.2) is 0 Å². The zero-order chi connectivity index (χ0) is 15.0. The van der Waals surface area contributed by atoms with E-state index in [0.29, 0.717) is 24.4 Å². The number of rotatable bonds is 3. The maximum atomic E-state index is 11.2. The summed E-state index contributed by atoms with van der Waals surface area (Å²) in [6.07, 6.45) is 1.64. The van der Waals surface area contributed by atoms with Crippen molar-refractivity contribution in [3.05, 3.63) is 35.0 Å². The van der Waals surface area contributed by atoms with Crippen LogP contribution in [0.15, 0.2) is 28.7 Å². The van der Waals surface area contributed by atoms with Gasteiger partial charge in [-0.15, -0.1) is 0 Å². The van der Waals surface area contributed by atoms with Crippen LogP contribution < -0.4 is 0 Å². The summed E-state index contributed by atoms with van der Waals surface area (Å²) in [5, 5.41) is 10.6. The average molecular weight is 308 g/mol. The molecule has 1 aliphatic rings. The molecular weight excluding hydrogens is 290 g/mol. The lowest BCUT2D eigenvalue weighted by atomic mass is 9.93. The minimum atomic E-state index is -0.713. The van der Waals surface area contributed by atoms with Crippen molar-refractivity contribution < 1.29 is 14.3 Å². The van der Waals surface area contributed by atoms with E-state index >= 15 is 0 Å². The first kappa shape index (κ1) is 14.4. The Morgan fingerprint density at radius 3 is 2.95 bits per heavy atom. The third-order valence-corrected chi connectivity index (χ3v) is 4.68. The van der Waals surface area contributed by atoms with Crippen molar-refractivity contribution in [1.29, 1.82) is 0 Å². The number of hydrogen-bond donors (Lipinski definition) is 1. The Kier molecular flexibility index (Phi) is 3.91. The van der Waals surface area contributed by atoms with Gasteiger partial charge in [0.15, 0.2) is 5.22 Å². The molecule has 3 rings (SSSR count). The lowest BCUT2D eigenvalue weighted by Crippen LogP contribution is -2.43. The Hall–Kier alpha value is -1.52. The van der Waals surface area contributed by atoms with E-state index in [1.165, 1.54) is 0 Å². The van der Waals surface area contributed by atoms with Gasteiger partial charge in [-0.1, -0.05) is 18.2 Å². The van der Waals surface area contributed by atoms with Gasteiger partial charge in [0, 0.05) is 30.1 Å². The highest BCUT2D eigenvalue weighted by Gasteiger charge is 2.30. The highest BCUT2D eigenvalue weighted by molar-refractivity contribution is 6.30. The lowest BCUT2D eigenvalue weighted by Gasteiger charge is -2.36. The van der Waals surface area contributed by atoms with E-state index in [1.54, 1.807) is 0 Å². The molecule has 21 heavy (non-hydrogen) atoms. The molecule has 0 aliphatic carbocycles. The third-order valence-electron chi connectivity index (χ3n) is 4.37. The van der Waals surface area contributed by atoms with E-state index in [4.69, 9.17) is 16.0 Å². The van der Waals surface area contributed by atoms with Gasteiger partial charge in [-0.3, -0.25) is 9.69 Å². The van der Waals surface area contributed by atoms with Gasteiger partial charge in [0.1, 0.15) is 5.58 Å². The molecule has 1 aromatic carbocycles. The van der Waals surface area contributed by atoms with Crippen molar-refractivity contribution in [2.24, 2.45) is 5.92 Å². The number of nitrogens with zero attached hydrogens (tertiary/aromatic N) is 1. The molecule has 1 aromatic heterocycles. The normalized spacial score (nSPS) is 23.5. The predicted octanol–water partition coefficient (Wildman–Crippen LogP) is 3.77. The number of aliphatic carboxylic acids is 1. The Morgan fingerprint density at radius 2 is 2.19 bits per heavy atom. The number of furan rings is 1. The largest absolute Gasteiger partial charge is 0.481 e. The molecule has 0 radical (unpaired) electrons. The first-order chi connectivity index (χ1) is 10.1. The van der Waals surface area contributed by atoms with Crippen molar-refractivity contribution in [3.8, 4) is 0 Å². The van der Waals surface area contributed by atoms with Crippen molar-refractivity contribution >= 4 is 28.5 Å². The molecule has 5 heteroatoms. The lowest BCUT2D eigenvalue weighted by molar-refractivity contribution is -0.144. The molecule has 1 aliphatic heterocycles. The number of para-hydroxylation sites is 1. The number of piperidine rings is 1. The second-order valence-corrected chi connectivity index (χ2v) is 6.08. The van der Waals surface area contributed by atoms with Crippen molar-refractivity contribution in [1.82, 2.24) is 4.90 Å². The summed E-state index contributed by atoms with van der Waals surface area (Å²) in [6.45, 7) is 3.32. The fraction of sp³-hybridized carbons (Fsp3) is 0.438. The summed E-state index contributed by atoms with van der Waals surface area (Å²) in [5.41, 5.74) is 1.72. The monoisotopic (exact) mass is 307 g/mol. The third kappa shape index (κ3) is 2.78. The van der Waals surface area contributed by atoms with Gasteiger partial charge in [-0.2, -0.15) is 0 Å². The number of hydrogen-bond acceptors (Lipinski definition) is 3. The smallest absolute Gasteiger partial charge is 0.307 e. The summed E-state index contributed by atoms with van der Waals surface area (Å²) in [5.74, 6) is -1.01. The topological polar surface area (TPSA) is 53.7 Å². The van der Waals surface area contributed by atoms with Crippen LogP contribution in [0.4, 0.5) is 0 Å². The number of carboxylic acids is 1. The first-order valence-electron chi connectivity index (χ1n) is 7.19. The fourth-order valence-electron chi connectivity index (χ4n) is 3.02. The van der Waals surface area contributed by atoms with E-state index in [0.717, 1.165) is 29.4 Å². The number of fused-ring (bicyclic) bond motifs is 1. The van der Waals surface area contributed by atoms with E-state index in [2.05, 4.69) is 11.8 Å². The average Bonchev–Trinajstić information content (AvgIpc) is 2.77. The second kappa shape index (κ2) is 5.70. The molecule has 2 atom stereocenters. The zero-order valence-electron chi connectivity index (χ0n) is 11.9. The Labute approximate surface area is 128 Å². The second-order valence-electron chi connectivity index (χ2n) is 5.74. The first-order valence-corrected chi connectivity index (χ1v) is 7.57. The van der Waals surface area contributed by atoms with Gasteiger partial charge in [0.25, 0.3) is 0 Å². The number of carbonyl (C=O) groups is 1. The Balaban J connectivity index is 1.86. The summed E-state index contributed by atoms with van der Waals surface area (Å²) in [6, 6.07) is 8.10. The molecule has 2 heterocycles. The van der Waals surface area contributed by atoms with Gasteiger partial charge >= 0.3 is 5.97 Å². The molecule has 0 bridgehead atoms. The van der Waals surface area contributed by atoms with E-state index < -0.39 is 5.97 Å². The van der Waals surface area contributed by atoms with Gasteiger partial charge in [0.2, 0.25) is 0 Å². The predicted molar refractivity (Wildman–Crippen MR) is 81.5 cm³/mol. The summed E-state index contributed by atoms with van der Waals surface area (Å²) >= 11 is 6.22. The van der Waals surface area contributed by atoms with Crippen LogP contribution in [-0.2, 0) is 11.3 Å². The molecule has 4 nitrogen and oxygen atoms in total.